The van der Waals surface area contributed by atoms with Crippen molar-refractivity contribution in [3.05, 3.63) is 120 Å². The van der Waals surface area contributed by atoms with E-state index in [0.717, 1.165) is 34.0 Å². The molecule has 8 rings (SSSR count). The fourth-order valence-corrected chi connectivity index (χ4v) is 6.89. The highest BCUT2D eigenvalue weighted by molar-refractivity contribution is 7.18. The highest BCUT2D eigenvalue weighted by atomic mass is 32.1. The number of fused-ring (bicyclic) bond motifs is 1. The Labute approximate surface area is 285 Å². The molecule has 0 N–H and O–H groups in total. The number of alkyl halides is 3. The molecule has 0 bridgehead atoms. The Kier molecular flexibility index (Phi) is 7.69. The van der Waals surface area contributed by atoms with Crippen molar-refractivity contribution < 1.29 is 13.2 Å². The molecule has 49 heavy (non-hydrogen) atoms. The normalized spacial score (nSPS) is 11.7. The van der Waals surface area contributed by atoms with E-state index in [1.807, 2.05) is 60.7 Å². The highest BCUT2D eigenvalue weighted by Crippen LogP contribution is 2.38. The van der Waals surface area contributed by atoms with E-state index in [2.05, 4.69) is 38.4 Å². The summed E-state index contributed by atoms with van der Waals surface area (Å²) in [5.74, 6) is 0. The van der Waals surface area contributed by atoms with Crippen LogP contribution in [0.2, 0.25) is 0 Å². The lowest BCUT2D eigenvalue weighted by molar-refractivity contribution is -0.137. The van der Waals surface area contributed by atoms with Crippen molar-refractivity contribution in [1.82, 2.24) is 40.3 Å². The van der Waals surface area contributed by atoms with Crippen LogP contribution in [0, 0.1) is 6.92 Å². The molecule has 0 saturated carbocycles. The molecule has 6 heterocycles. The maximum absolute atomic E-state index is 13.7. The van der Waals surface area contributed by atoms with Gasteiger partial charge >= 0.3 is 6.18 Å². The summed E-state index contributed by atoms with van der Waals surface area (Å²) in [5.41, 5.74) is 5.29. The van der Waals surface area contributed by atoms with Gasteiger partial charge in [-0.25, -0.2) is 19.9 Å². The third kappa shape index (κ3) is 6.05. The van der Waals surface area contributed by atoms with Gasteiger partial charge in [-0.3, -0.25) is 0 Å². The van der Waals surface area contributed by atoms with E-state index in [0.29, 0.717) is 42.8 Å². The average Bonchev–Trinajstić information content (AvgIpc) is 3.83. The number of aromatic nitrogens is 8. The van der Waals surface area contributed by atoms with Crippen LogP contribution in [-0.4, -0.2) is 40.3 Å². The predicted molar refractivity (Wildman–Crippen MR) is 184 cm³/mol. The minimum atomic E-state index is -4.51. The number of aryl methyl sites for hydroxylation is 1. The van der Waals surface area contributed by atoms with Gasteiger partial charge in [-0.05, 0) is 67.1 Å². The van der Waals surface area contributed by atoms with Gasteiger partial charge in [0.15, 0.2) is 25.7 Å². The lowest BCUT2D eigenvalue weighted by Crippen LogP contribution is -2.07. The molecule has 0 saturated heterocycles. The van der Waals surface area contributed by atoms with Crippen LogP contribution in [0.4, 0.5) is 13.2 Å². The van der Waals surface area contributed by atoms with E-state index in [4.69, 9.17) is 15.0 Å². The van der Waals surface area contributed by atoms with Gasteiger partial charge < -0.3 is 0 Å². The second kappa shape index (κ2) is 12.3. The zero-order valence-corrected chi connectivity index (χ0v) is 27.1. The number of halogens is 3. The SMILES string of the molecule is Cc1ccccc1-c1cccc(-c2nnc(-c3ccc4ccc(-c5nnc(-c6cccc(-c7ccccc7C(F)(F)F)n6)s5)nc4n3)s2)n1. The first-order valence-corrected chi connectivity index (χ1v) is 16.6. The fraction of sp³-hybridized carbons (Fsp3) is 0.0556. The van der Waals surface area contributed by atoms with Crippen LogP contribution in [0.3, 0.4) is 0 Å². The van der Waals surface area contributed by atoms with Crippen molar-refractivity contribution in [3.8, 4) is 65.3 Å². The van der Waals surface area contributed by atoms with Crippen LogP contribution in [0.5, 0.6) is 0 Å². The van der Waals surface area contributed by atoms with Crippen molar-refractivity contribution in [3.63, 3.8) is 0 Å². The monoisotopic (exact) mass is 686 g/mol. The molecule has 0 fully saturated rings. The molecule has 2 aromatic carbocycles. The quantitative estimate of drug-likeness (QED) is 0.170. The van der Waals surface area contributed by atoms with Crippen LogP contribution in [0.15, 0.2) is 109 Å². The number of hydrogen-bond acceptors (Lipinski definition) is 10. The van der Waals surface area contributed by atoms with Gasteiger partial charge in [-0.1, -0.05) is 77.3 Å². The molecular weight excluding hydrogens is 666 g/mol. The van der Waals surface area contributed by atoms with Crippen molar-refractivity contribution in [2.24, 2.45) is 0 Å². The van der Waals surface area contributed by atoms with Crippen molar-refractivity contribution in [1.29, 1.82) is 0 Å². The first kappa shape index (κ1) is 30.5. The number of pyridine rings is 4. The second-order valence-corrected chi connectivity index (χ2v) is 12.9. The third-order valence-electron chi connectivity index (χ3n) is 7.71. The Morgan fingerprint density at radius 1 is 0.449 bits per heavy atom. The molecule has 6 aromatic heterocycles. The Morgan fingerprint density at radius 3 is 1.43 bits per heavy atom. The predicted octanol–water partition coefficient (Wildman–Crippen LogP) is 9.45. The van der Waals surface area contributed by atoms with Gasteiger partial charge in [0.2, 0.25) is 0 Å². The summed E-state index contributed by atoms with van der Waals surface area (Å²) in [5, 5.41) is 20.5. The van der Waals surface area contributed by atoms with Crippen LogP contribution >= 0.6 is 22.7 Å². The molecule has 0 aliphatic carbocycles. The van der Waals surface area contributed by atoms with Crippen molar-refractivity contribution >= 4 is 33.7 Å². The zero-order chi connectivity index (χ0) is 33.5. The summed E-state index contributed by atoms with van der Waals surface area (Å²) in [7, 11) is 0. The summed E-state index contributed by atoms with van der Waals surface area (Å²) in [6.45, 7) is 2.06. The topological polar surface area (TPSA) is 103 Å². The standard InChI is InChI=1S/C36H21F3N8S2/c1-20-8-2-3-9-22(20)25-12-6-14-27(40-25)32-44-46-34(48-32)29-18-16-21-17-19-30(43-31(21)42-29)35-47-45-33(49-35)28-15-7-13-26(41-28)23-10-4-5-11-24(23)36(37,38)39/h2-19H,1H3. The molecule has 0 radical (unpaired) electrons. The van der Waals surface area contributed by atoms with E-state index in [1.54, 1.807) is 24.3 Å². The number of nitrogens with zero attached hydrogens (tertiary/aromatic N) is 8. The summed E-state index contributed by atoms with van der Waals surface area (Å²) in [6, 6.07) is 31.7. The Hall–Kier alpha value is -5.79. The molecule has 13 heteroatoms. The Bertz CT molecular complexity index is 2490. The maximum atomic E-state index is 13.7. The molecule has 0 unspecified atom stereocenters. The van der Waals surface area contributed by atoms with Gasteiger partial charge in [0.05, 0.1) is 17.0 Å². The van der Waals surface area contributed by atoms with Crippen LogP contribution in [-0.2, 0) is 6.18 Å². The maximum Gasteiger partial charge on any atom is 0.417 e. The van der Waals surface area contributed by atoms with Gasteiger partial charge in [-0.15, -0.1) is 20.4 Å². The van der Waals surface area contributed by atoms with Gasteiger partial charge in [0, 0.05) is 16.5 Å². The highest BCUT2D eigenvalue weighted by Gasteiger charge is 2.33. The van der Waals surface area contributed by atoms with Gasteiger partial charge in [0.25, 0.3) is 0 Å². The van der Waals surface area contributed by atoms with E-state index >= 15 is 0 Å². The van der Waals surface area contributed by atoms with Crippen molar-refractivity contribution in [2.75, 3.05) is 0 Å². The van der Waals surface area contributed by atoms with Gasteiger partial charge in [0.1, 0.15) is 22.8 Å². The third-order valence-corrected chi connectivity index (χ3v) is 9.64. The molecule has 0 aliphatic rings. The van der Waals surface area contributed by atoms with Crippen LogP contribution < -0.4 is 0 Å². The number of benzene rings is 2. The molecule has 0 spiro atoms. The molecule has 0 atom stereocenters. The largest absolute Gasteiger partial charge is 0.417 e. The lowest BCUT2D eigenvalue weighted by Gasteiger charge is -2.12. The minimum absolute atomic E-state index is 0.00531. The van der Waals surface area contributed by atoms with E-state index in [1.165, 1.54) is 34.8 Å². The number of hydrogen-bond donors (Lipinski definition) is 0. The summed E-state index contributed by atoms with van der Waals surface area (Å²) >= 11 is 2.63. The van der Waals surface area contributed by atoms with Crippen LogP contribution in [0.25, 0.3) is 76.4 Å². The van der Waals surface area contributed by atoms with Crippen molar-refractivity contribution in [2.45, 2.75) is 13.1 Å². The average molecular weight is 687 g/mol. The zero-order valence-electron chi connectivity index (χ0n) is 25.4. The van der Waals surface area contributed by atoms with Gasteiger partial charge in [-0.2, -0.15) is 13.2 Å². The Balaban J connectivity index is 1.07. The van der Waals surface area contributed by atoms with E-state index < -0.39 is 11.7 Å². The smallest absolute Gasteiger partial charge is 0.245 e. The number of rotatable bonds is 6. The van der Waals surface area contributed by atoms with Crippen LogP contribution in [0.1, 0.15) is 11.1 Å². The molecule has 8 nitrogen and oxygen atoms in total. The first-order chi connectivity index (χ1) is 23.8. The molecular formula is C36H21F3N8S2. The molecule has 238 valence electrons. The first-order valence-electron chi connectivity index (χ1n) is 14.9. The molecule has 8 aromatic rings. The molecule has 0 amide bonds. The summed E-state index contributed by atoms with van der Waals surface area (Å²) in [6.07, 6.45) is -4.51. The van der Waals surface area contributed by atoms with E-state index in [9.17, 15) is 13.2 Å². The molecule has 0 aliphatic heterocycles. The Morgan fingerprint density at radius 2 is 0.898 bits per heavy atom. The minimum Gasteiger partial charge on any atom is -0.245 e. The van der Waals surface area contributed by atoms with E-state index in [-0.39, 0.29) is 11.3 Å². The summed E-state index contributed by atoms with van der Waals surface area (Å²) in [4.78, 5) is 18.9. The second-order valence-electron chi connectivity index (χ2n) is 10.9. The fourth-order valence-electron chi connectivity index (χ4n) is 5.32. The lowest BCUT2D eigenvalue weighted by atomic mass is 10.0. The summed E-state index contributed by atoms with van der Waals surface area (Å²) < 4.78 is 41.0.